The second-order valence-corrected chi connectivity index (χ2v) is 12.8. The number of aliphatic imine (C=N–C) groups is 1. The normalized spacial score (nSPS) is 15.1. The van der Waals surface area contributed by atoms with E-state index in [1.54, 1.807) is 45.0 Å². The molecule has 1 heterocycles. The van der Waals surface area contributed by atoms with Crippen LogP contribution in [-0.2, 0) is 21.9 Å². The fraction of sp³-hybridized carbons (Fsp3) is 0.419. The molecule has 7 nitrogen and oxygen atoms in total. The van der Waals surface area contributed by atoms with Gasteiger partial charge in [-0.2, -0.15) is 0 Å². The van der Waals surface area contributed by atoms with Gasteiger partial charge in [-0.25, -0.2) is 8.42 Å². The second kappa shape index (κ2) is 13.0. The number of rotatable bonds is 9. The fourth-order valence-electron chi connectivity index (χ4n) is 4.95. The lowest BCUT2D eigenvalue weighted by Gasteiger charge is -2.25. The van der Waals surface area contributed by atoms with Crippen LogP contribution in [0.5, 0.6) is 0 Å². The van der Waals surface area contributed by atoms with Gasteiger partial charge in [0.25, 0.3) is 15.9 Å². The maximum absolute atomic E-state index is 13.3. The lowest BCUT2D eigenvalue weighted by atomic mass is 9.66. The van der Waals surface area contributed by atoms with Crippen LogP contribution in [0.3, 0.4) is 0 Å². The van der Waals surface area contributed by atoms with Crippen LogP contribution < -0.4 is 4.72 Å². The number of carbonyl (C=O) groups excluding carboxylic acids is 1. The molecule has 2 radical (unpaired) electrons. The number of nitrogens with one attached hydrogen (secondary N) is 1. The molecule has 1 N–H and O–H groups in total. The predicted octanol–water partition coefficient (Wildman–Crippen LogP) is 5.39. The largest absolute Gasteiger partial charge is 0.337 e. The monoisotopic (exact) mass is 560 g/mol. The van der Waals surface area contributed by atoms with Crippen LogP contribution in [0.4, 0.5) is 5.69 Å². The van der Waals surface area contributed by atoms with E-state index in [0.29, 0.717) is 30.0 Å². The molecule has 40 heavy (non-hydrogen) atoms. The summed E-state index contributed by atoms with van der Waals surface area (Å²) in [6.07, 6.45) is 2.41. The van der Waals surface area contributed by atoms with Gasteiger partial charge in [0.05, 0.1) is 13.5 Å². The standard InChI is InChI=1S/C31H41BN4O3S/c1-8-33-29(22(2)3)24(5)40(38,39)34-27-13-11-26(12-14-27)30(37)36-17-9-16-35(18-19-36)21-25-10-15-28(23(4)20-25)31(6,7)32/h8,10-15,20,34H,5,9,16-19,21H2,1-4,6-7H3. The molecule has 1 aliphatic rings. The van der Waals surface area contributed by atoms with Crippen LogP contribution in [0.25, 0.3) is 0 Å². The molecule has 0 aliphatic carbocycles. The zero-order valence-corrected chi connectivity index (χ0v) is 25.4. The van der Waals surface area contributed by atoms with E-state index in [-0.39, 0.29) is 16.1 Å². The van der Waals surface area contributed by atoms with E-state index in [1.165, 1.54) is 17.3 Å². The highest BCUT2D eigenvalue weighted by Gasteiger charge is 2.23. The van der Waals surface area contributed by atoms with Crippen LogP contribution in [0.1, 0.15) is 68.1 Å². The van der Waals surface area contributed by atoms with Gasteiger partial charge in [0.1, 0.15) is 4.91 Å². The number of anilines is 1. The van der Waals surface area contributed by atoms with Crippen LogP contribution in [0, 0.1) is 6.92 Å². The molecule has 212 valence electrons. The summed E-state index contributed by atoms with van der Waals surface area (Å²) in [5.74, 6) is -0.0600. The van der Waals surface area contributed by atoms with Gasteiger partial charge in [0, 0.05) is 50.2 Å². The minimum absolute atomic E-state index is 0.0600. The van der Waals surface area contributed by atoms with Gasteiger partial charge in [-0.15, -0.1) is 0 Å². The number of nitrogens with zero attached hydrogens (tertiary/aromatic N) is 3. The molecular formula is C31H41BN4O3S. The van der Waals surface area contributed by atoms with Crippen molar-refractivity contribution in [3.63, 3.8) is 0 Å². The number of allylic oxidation sites excluding steroid dienone is 1. The maximum atomic E-state index is 13.3. The molecule has 0 atom stereocenters. The van der Waals surface area contributed by atoms with E-state index in [9.17, 15) is 13.2 Å². The fourth-order valence-corrected chi connectivity index (χ4v) is 6.03. The summed E-state index contributed by atoms with van der Waals surface area (Å²) in [6.45, 7) is 19.0. The van der Waals surface area contributed by atoms with Crippen molar-refractivity contribution in [2.75, 3.05) is 30.9 Å². The number of sulfonamides is 1. The molecule has 1 aliphatic heterocycles. The number of hydrogen-bond donors (Lipinski definition) is 1. The third-order valence-corrected chi connectivity index (χ3v) is 8.32. The molecule has 0 bridgehead atoms. The lowest BCUT2D eigenvalue weighted by molar-refractivity contribution is 0.0761. The third-order valence-electron chi connectivity index (χ3n) is 6.97. The van der Waals surface area contributed by atoms with Crippen LogP contribution in [-0.4, -0.2) is 64.4 Å². The summed E-state index contributed by atoms with van der Waals surface area (Å²) in [6, 6.07) is 13.0. The van der Waals surface area contributed by atoms with E-state index in [1.807, 2.05) is 18.7 Å². The summed E-state index contributed by atoms with van der Waals surface area (Å²) in [4.78, 5) is 21.6. The Hall–Kier alpha value is -3.17. The number of aryl methyl sites for hydroxylation is 1. The Kier molecular flexibility index (Phi) is 10.2. The first-order chi connectivity index (χ1) is 18.7. The van der Waals surface area contributed by atoms with E-state index >= 15 is 0 Å². The Morgan fingerprint density at radius 1 is 1.10 bits per heavy atom. The van der Waals surface area contributed by atoms with Crippen molar-refractivity contribution in [3.05, 3.63) is 87.5 Å². The van der Waals surface area contributed by atoms with Crippen molar-refractivity contribution in [1.82, 2.24) is 9.80 Å². The first-order valence-corrected chi connectivity index (χ1v) is 15.1. The highest BCUT2D eigenvalue weighted by atomic mass is 32.2. The van der Waals surface area contributed by atoms with Gasteiger partial charge >= 0.3 is 0 Å². The quantitative estimate of drug-likeness (QED) is 0.254. The molecule has 1 saturated heterocycles. The molecule has 2 aromatic carbocycles. The Bertz CT molecular complexity index is 1400. The van der Waals surface area contributed by atoms with Gasteiger partial charge in [0.2, 0.25) is 0 Å². The third kappa shape index (κ3) is 7.95. The van der Waals surface area contributed by atoms with Crippen molar-refractivity contribution in [2.24, 2.45) is 4.99 Å². The highest BCUT2D eigenvalue weighted by molar-refractivity contribution is 7.96. The highest BCUT2D eigenvalue weighted by Crippen LogP contribution is 2.25. The molecule has 1 amide bonds. The second-order valence-electron chi connectivity index (χ2n) is 11.1. The molecule has 0 unspecified atom stereocenters. The lowest BCUT2D eigenvalue weighted by Crippen LogP contribution is -2.35. The summed E-state index contributed by atoms with van der Waals surface area (Å²) < 4.78 is 28.3. The maximum Gasteiger partial charge on any atom is 0.263 e. The Morgan fingerprint density at radius 2 is 1.77 bits per heavy atom. The van der Waals surface area contributed by atoms with E-state index in [4.69, 9.17) is 7.85 Å². The number of hydrogen-bond acceptors (Lipinski definition) is 5. The van der Waals surface area contributed by atoms with E-state index < -0.39 is 10.0 Å². The van der Waals surface area contributed by atoms with E-state index in [0.717, 1.165) is 37.2 Å². The number of amides is 1. The van der Waals surface area contributed by atoms with Gasteiger partial charge in [0.15, 0.2) is 0 Å². The summed E-state index contributed by atoms with van der Waals surface area (Å²) in [5, 5.41) is -0.373. The molecular weight excluding hydrogens is 519 g/mol. The van der Waals surface area contributed by atoms with Crippen molar-refractivity contribution in [2.45, 2.75) is 59.8 Å². The first-order valence-electron chi connectivity index (χ1n) is 13.6. The molecule has 0 aromatic heterocycles. The minimum atomic E-state index is -3.91. The molecule has 3 rings (SSSR count). The molecule has 0 spiro atoms. The van der Waals surface area contributed by atoms with Gasteiger partial charge in [-0.3, -0.25) is 19.4 Å². The van der Waals surface area contributed by atoms with Crippen LogP contribution in [0.2, 0.25) is 0 Å². The van der Waals surface area contributed by atoms with Crippen molar-refractivity contribution >= 4 is 35.7 Å². The zero-order chi connectivity index (χ0) is 29.7. The summed E-state index contributed by atoms with van der Waals surface area (Å²) in [7, 11) is 2.39. The van der Waals surface area contributed by atoms with Gasteiger partial charge in [-0.05, 0) is 86.0 Å². The van der Waals surface area contributed by atoms with Gasteiger partial charge < -0.3 is 4.90 Å². The Morgan fingerprint density at radius 3 is 2.35 bits per heavy atom. The van der Waals surface area contributed by atoms with Crippen LogP contribution in [0.15, 0.2) is 70.2 Å². The summed E-state index contributed by atoms with van der Waals surface area (Å²) >= 11 is 0. The Balaban J connectivity index is 1.62. The zero-order valence-electron chi connectivity index (χ0n) is 24.6. The smallest absolute Gasteiger partial charge is 0.263 e. The first kappa shape index (κ1) is 31.4. The number of carbonyl (C=O) groups is 1. The minimum Gasteiger partial charge on any atom is -0.337 e. The molecule has 2 aromatic rings. The van der Waals surface area contributed by atoms with Gasteiger partial charge in [-0.1, -0.05) is 38.6 Å². The Labute approximate surface area is 241 Å². The number of benzene rings is 2. The van der Waals surface area contributed by atoms with Crippen molar-refractivity contribution in [1.29, 1.82) is 0 Å². The molecule has 1 fully saturated rings. The average molecular weight is 561 g/mol. The topological polar surface area (TPSA) is 82.1 Å². The van der Waals surface area contributed by atoms with E-state index in [2.05, 4.69) is 46.3 Å². The predicted molar refractivity (Wildman–Crippen MR) is 166 cm³/mol. The average Bonchev–Trinajstić information content (AvgIpc) is 3.11. The SMILES string of the molecule is [B]C(C)(C)c1ccc(CN2CCCN(C(=O)c3ccc(NS(=O)(=O)C(=C)C(N=CC)=C(C)C)cc3)CC2)cc1C. The van der Waals surface area contributed by atoms with Crippen molar-refractivity contribution in [3.8, 4) is 0 Å². The van der Waals surface area contributed by atoms with Crippen LogP contribution >= 0.6 is 0 Å². The molecule has 9 heteroatoms. The summed E-state index contributed by atoms with van der Waals surface area (Å²) in [5.41, 5.74) is 5.52. The van der Waals surface area contributed by atoms with Crippen molar-refractivity contribution < 1.29 is 13.2 Å². The molecule has 0 saturated carbocycles.